The number of aromatic nitrogens is 2. The van der Waals surface area contributed by atoms with Gasteiger partial charge in [-0.15, -0.1) is 0 Å². The van der Waals surface area contributed by atoms with Crippen molar-refractivity contribution in [2.45, 2.75) is 76.3 Å². The molecule has 5 nitrogen and oxygen atoms in total. The predicted octanol–water partition coefficient (Wildman–Crippen LogP) is 3.18. The van der Waals surface area contributed by atoms with Gasteiger partial charge >= 0.3 is 0 Å². The van der Waals surface area contributed by atoms with E-state index in [1.165, 1.54) is 38.5 Å². The van der Waals surface area contributed by atoms with Crippen molar-refractivity contribution in [3.63, 3.8) is 0 Å². The molecule has 1 saturated carbocycles. The van der Waals surface area contributed by atoms with Crippen LogP contribution in [0.5, 0.6) is 0 Å². The first kappa shape index (κ1) is 17.5. The Bertz CT molecular complexity index is 541. The molecule has 1 N–H and O–H groups in total. The molecule has 0 bridgehead atoms. The molecule has 3 rings (SSSR count). The molecule has 0 unspecified atom stereocenters. The fourth-order valence-electron chi connectivity index (χ4n) is 4.55. The number of hydrogen-bond acceptors (Lipinski definition) is 3. The molecule has 1 aliphatic heterocycles. The Balaban J connectivity index is 1.79. The van der Waals surface area contributed by atoms with Crippen molar-refractivity contribution in [2.75, 3.05) is 13.1 Å². The standard InChI is InChI=1S/C19H32N4O/c1-3-16(17-10-13-20-22(17)2)21-18(24)19(11-6-4-7-12-19)23-14-8-5-9-15-23/h10,13,16H,3-9,11-12,14-15H2,1-2H3,(H,21,24)/t16-/m0/s1. The number of amides is 1. The first-order valence-corrected chi connectivity index (χ1v) is 9.71. The third kappa shape index (κ3) is 3.37. The molecule has 134 valence electrons. The fraction of sp³-hybridized carbons (Fsp3) is 0.789. The second-order valence-electron chi connectivity index (χ2n) is 7.45. The van der Waals surface area contributed by atoms with Gasteiger partial charge in [-0.3, -0.25) is 14.4 Å². The summed E-state index contributed by atoms with van der Waals surface area (Å²) in [6.07, 6.45) is 12.1. The normalized spacial score (nSPS) is 22.9. The summed E-state index contributed by atoms with van der Waals surface area (Å²) in [7, 11) is 1.95. The maximum absolute atomic E-state index is 13.4. The topological polar surface area (TPSA) is 50.2 Å². The first-order valence-electron chi connectivity index (χ1n) is 9.71. The van der Waals surface area contributed by atoms with E-state index in [1.807, 2.05) is 24.0 Å². The van der Waals surface area contributed by atoms with Gasteiger partial charge in [-0.2, -0.15) is 5.10 Å². The molecule has 1 aliphatic carbocycles. The number of hydrogen-bond donors (Lipinski definition) is 1. The zero-order chi connectivity index (χ0) is 17.0. The van der Waals surface area contributed by atoms with Crippen LogP contribution in [0.1, 0.15) is 76.4 Å². The van der Waals surface area contributed by atoms with Gasteiger partial charge in [0.05, 0.1) is 11.7 Å². The highest BCUT2D eigenvalue weighted by Gasteiger charge is 2.45. The Morgan fingerprint density at radius 2 is 1.88 bits per heavy atom. The van der Waals surface area contributed by atoms with E-state index in [4.69, 9.17) is 0 Å². The van der Waals surface area contributed by atoms with Crippen LogP contribution in [0.4, 0.5) is 0 Å². The van der Waals surface area contributed by atoms with Crippen LogP contribution in [-0.2, 0) is 11.8 Å². The lowest BCUT2D eigenvalue weighted by Crippen LogP contribution is -2.61. The summed E-state index contributed by atoms with van der Waals surface area (Å²) < 4.78 is 1.88. The van der Waals surface area contributed by atoms with Crippen molar-refractivity contribution in [2.24, 2.45) is 7.05 Å². The zero-order valence-corrected chi connectivity index (χ0v) is 15.3. The van der Waals surface area contributed by atoms with Crippen LogP contribution in [0.15, 0.2) is 12.3 Å². The van der Waals surface area contributed by atoms with Gasteiger partial charge in [0.2, 0.25) is 5.91 Å². The van der Waals surface area contributed by atoms with Crippen LogP contribution >= 0.6 is 0 Å². The summed E-state index contributed by atoms with van der Waals surface area (Å²) in [5.74, 6) is 0.247. The van der Waals surface area contributed by atoms with Crippen LogP contribution in [-0.4, -0.2) is 39.2 Å². The van der Waals surface area contributed by atoms with Gasteiger partial charge < -0.3 is 5.32 Å². The molecule has 24 heavy (non-hydrogen) atoms. The molecule has 1 saturated heterocycles. The molecule has 1 aromatic rings. The minimum atomic E-state index is -0.273. The zero-order valence-electron chi connectivity index (χ0n) is 15.3. The molecule has 0 spiro atoms. The summed E-state index contributed by atoms with van der Waals surface area (Å²) in [4.78, 5) is 15.9. The van der Waals surface area contributed by atoms with Gasteiger partial charge in [-0.25, -0.2) is 0 Å². The molecule has 2 fully saturated rings. The number of carbonyl (C=O) groups is 1. The summed E-state index contributed by atoms with van der Waals surface area (Å²) in [6, 6.07) is 2.07. The summed E-state index contributed by atoms with van der Waals surface area (Å²) in [6.45, 7) is 4.29. The molecule has 1 aromatic heterocycles. The lowest BCUT2D eigenvalue weighted by molar-refractivity contribution is -0.138. The first-order chi connectivity index (χ1) is 11.7. The van der Waals surface area contributed by atoms with Crippen molar-refractivity contribution in [3.05, 3.63) is 18.0 Å². The van der Waals surface area contributed by atoms with E-state index in [9.17, 15) is 4.79 Å². The number of rotatable bonds is 5. The maximum atomic E-state index is 13.4. The lowest BCUT2D eigenvalue weighted by Gasteiger charge is -2.47. The summed E-state index contributed by atoms with van der Waals surface area (Å²) in [5, 5.41) is 7.64. The molecule has 2 heterocycles. The number of aryl methyl sites for hydroxylation is 1. The maximum Gasteiger partial charge on any atom is 0.241 e. The van der Waals surface area contributed by atoms with Gasteiger partial charge in [0, 0.05) is 13.2 Å². The highest BCUT2D eigenvalue weighted by Crippen LogP contribution is 2.36. The third-order valence-corrected chi connectivity index (χ3v) is 5.99. The average molecular weight is 332 g/mol. The highest BCUT2D eigenvalue weighted by atomic mass is 16.2. The van der Waals surface area contributed by atoms with Crippen LogP contribution in [0, 0.1) is 0 Å². The van der Waals surface area contributed by atoms with Crippen molar-refractivity contribution in [3.8, 4) is 0 Å². The van der Waals surface area contributed by atoms with Crippen molar-refractivity contribution >= 4 is 5.91 Å². The molecular formula is C19H32N4O. The Kier molecular flexibility index (Phi) is 5.59. The Morgan fingerprint density at radius 3 is 2.46 bits per heavy atom. The molecule has 2 aliphatic rings. The largest absolute Gasteiger partial charge is 0.346 e. The number of nitrogens with zero attached hydrogens (tertiary/aromatic N) is 3. The van der Waals surface area contributed by atoms with E-state index >= 15 is 0 Å². The van der Waals surface area contributed by atoms with E-state index < -0.39 is 0 Å². The van der Waals surface area contributed by atoms with Crippen molar-refractivity contribution in [1.29, 1.82) is 0 Å². The van der Waals surface area contributed by atoms with Crippen molar-refractivity contribution in [1.82, 2.24) is 20.0 Å². The van der Waals surface area contributed by atoms with Gasteiger partial charge in [-0.05, 0) is 51.3 Å². The molecular weight excluding hydrogens is 300 g/mol. The molecule has 1 atom stereocenters. The Morgan fingerprint density at radius 1 is 1.21 bits per heavy atom. The van der Waals surface area contributed by atoms with E-state index in [2.05, 4.69) is 22.2 Å². The molecule has 5 heteroatoms. The molecule has 0 aromatic carbocycles. The number of piperidine rings is 1. The van der Waals surface area contributed by atoms with E-state index in [1.54, 1.807) is 0 Å². The number of likely N-dealkylation sites (tertiary alicyclic amines) is 1. The third-order valence-electron chi connectivity index (χ3n) is 5.99. The van der Waals surface area contributed by atoms with Gasteiger partial charge in [0.15, 0.2) is 0 Å². The van der Waals surface area contributed by atoms with Crippen molar-refractivity contribution < 1.29 is 4.79 Å². The highest BCUT2D eigenvalue weighted by molar-refractivity contribution is 5.86. The van der Waals surface area contributed by atoms with E-state index in [0.29, 0.717) is 0 Å². The minimum absolute atomic E-state index is 0.0496. The van der Waals surface area contributed by atoms with Gasteiger partial charge in [0.1, 0.15) is 5.54 Å². The summed E-state index contributed by atoms with van der Waals surface area (Å²) in [5.41, 5.74) is 0.820. The number of carbonyl (C=O) groups excluding carboxylic acids is 1. The van der Waals surface area contributed by atoms with Crippen LogP contribution in [0.2, 0.25) is 0 Å². The second-order valence-corrected chi connectivity index (χ2v) is 7.45. The van der Waals surface area contributed by atoms with Gasteiger partial charge in [-0.1, -0.05) is 32.6 Å². The quantitative estimate of drug-likeness (QED) is 0.901. The fourth-order valence-corrected chi connectivity index (χ4v) is 4.55. The predicted molar refractivity (Wildman–Crippen MR) is 95.6 cm³/mol. The van der Waals surface area contributed by atoms with Crippen LogP contribution < -0.4 is 5.32 Å². The number of nitrogens with one attached hydrogen (secondary N) is 1. The lowest BCUT2D eigenvalue weighted by atomic mass is 9.78. The minimum Gasteiger partial charge on any atom is -0.346 e. The van der Waals surface area contributed by atoms with E-state index in [-0.39, 0.29) is 17.5 Å². The smallest absolute Gasteiger partial charge is 0.241 e. The van der Waals surface area contributed by atoms with Gasteiger partial charge in [0.25, 0.3) is 0 Å². The SMILES string of the molecule is CC[C@H](NC(=O)C1(N2CCCCC2)CCCCC1)c1ccnn1C. The monoisotopic (exact) mass is 332 g/mol. The Hall–Kier alpha value is -1.36. The van der Waals surface area contributed by atoms with Crippen LogP contribution in [0.3, 0.4) is 0 Å². The Labute approximate surface area is 145 Å². The second kappa shape index (κ2) is 7.68. The van der Waals surface area contributed by atoms with E-state index in [0.717, 1.165) is 38.0 Å². The summed E-state index contributed by atoms with van der Waals surface area (Å²) >= 11 is 0. The average Bonchev–Trinajstić information content (AvgIpc) is 3.06. The molecule has 1 amide bonds. The van der Waals surface area contributed by atoms with Crippen LogP contribution in [0.25, 0.3) is 0 Å². The molecule has 0 radical (unpaired) electrons.